The van der Waals surface area contributed by atoms with Crippen molar-refractivity contribution < 1.29 is 14.6 Å². The monoisotopic (exact) mass is 403 g/mol. The van der Waals surface area contributed by atoms with Gasteiger partial charge in [-0.2, -0.15) is 0 Å². The Balaban J connectivity index is 1.51. The molecule has 4 heteroatoms. The lowest BCUT2D eigenvalue weighted by Gasteiger charge is -2.32. The molecule has 2 fully saturated rings. The van der Waals surface area contributed by atoms with Crippen molar-refractivity contribution in [1.82, 2.24) is 4.90 Å². The Morgan fingerprint density at radius 3 is 2.43 bits per heavy atom. The minimum atomic E-state index is -0.624. The molecule has 0 atom stereocenters. The molecule has 2 aliphatic heterocycles. The van der Waals surface area contributed by atoms with Gasteiger partial charge < -0.3 is 14.7 Å². The number of carbonyl (C=O) groups is 1. The molecule has 3 aliphatic rings. The predicted octanol–water partition coefficient (Wildman–Crippen LogP) is 4.96. The first kappa shape index (κ1) is 19.4. The van der Waals surface area contributed by atoms with Crippen LogP contribution in [0.4, 0.5) is 0 Å². The molecular formula is C26H29NO3. The Morgan fingerprint density at radius 2 is 1.73 bits per heavy atom. The van der Waals surface area contributed by atoms with Crippen LogP contribution in [0.3, 0.4) is 0 Å². The topological polar surface area (TPSA) is 49.8 Å². The van der Waals surface area contributed by atoms with Crippen molar-refractivity contribution in [2.24, 2.45) is 5.41 Å². The molecule has 0 aromatic heterocycles. The average molecular weight is 404 g/mol. The minimum Gasteiger partial charge on any atom is -0.488 e. The second-order valence-corrected chi connectivity index (χ2v) is 9.29. The second-order valence-electron chi connectivity index (χ2n) is 9.29. The van der Waals surface area contributed by atoms with Gasteiger partial charge in [0.2, 0.25) is 0 Å². The molecule has 5 rings (SSSR count). The van der Waals surface area contributed by atoms with E-state index >= 15 is 0 Å². The Kier molecular flexibility index (Phi) is 4.70. The number of benzene rings is 2. The third-order valence-electron chi connectivity index (χ3n) is 6.96. The summed E-state index contributed by atoms with van der Waals surface area (Å²) in [5.74, 6) is 0.337. The minimum absolute atomic E-state index is 0.478. The fourth-order valence-corrected chi connectivity index (χ4v) is 4.98. The molecule has 2 heterocycles. The molecule has 156 valence electrons. The van der Waals surface area contributed by atoms with E-state index in [-0.39, 0.29) is 0 Å². The first-order valence-corrected chi connectivity index (χ1v) is 11.0. The van der Waals surface area contributed by atoms with Crippen molar-refractivity contribution in [1.29, 1.82) is 0 Å². The van der Waals surface area contributed by atoms with Crippen molar-refractivity contribution in [3.63, 3.8) is 0 Å². The molecule has 0 amide bonds. The SMILES string of the molecule is Cc1ccc2c(c1)COc1ccc(C)cc1C2=C1CCN(CC2(C(=O)O)CC2)CC1. The number of hydrogen-bond donors (Lipinski definition) is 1. The van der Waals surface area contributed by atoms with E-state index in [0.717, 1.165) is 44.5 Å². The van der Waals surface area contributed by atoms with E-state index in [1.165, 1.54) is 39.0 Å². The number of carboxylic acids is 1. The van der Waals surface area contributed by atoms with Gasteiger partial charge in [-0.25, -0.2) is 0 Å². The van der Waals surface area contributed by atoms with Crippen LogP contribution in [-0.4, -0.2) is 35.6 Å². The highest BCUT2D eigenvalue weighted by atomic mass is 16.5. The number of hydrogen-bond acceptors (Lipinski definition) is 3. The molecule has 2 aromatic rings. The molecule has 30 heavy (non-hydrogen) atoms. The number of likely N-dealkylation sites (tertiary alicyclic amines) is 1. The van der Waals surface area contributed by atoms with Gasteiger partial charge in [0.1, 0.15) is 12.4 Å². The third kappa shape index (κ3) is 3.43. The summed E-state index contributed by atoms with van der Waals surface area (Å²) in [7, 11) is 0. The summed E-state index contributed by atoms with van der Waals surface area (Å²) >= 11 is 0. The molecule has 0 spiro atoms. The van der Waals surface area contributed by atoms with Gasteiger partial charge in [-0.1, -0.05) is 41.0 Å². The number of piperidine rings is 1. The second kappa shape index (κ2) is 7.28. The van der Waals surface area contributed by atoms with Crippen LogP contribution < -0.4 is 4.74 Å². The van der Waals surface area contributed by atoms with E-state index in [9.17, 15) is 9.90 Å². The van der Waals surface area contributed by atoms with Gasteiger partial charge in [-0.15, -0.1) is 0 Å². The van der Waals surface area contributed by atoms with E-state index in [2.05, 4.69) is 55.1 Å². The lowest BCUT2D eigenvalue weighted by molar-refractivity contribution is -0.144. The predicted molar refractivity (Wildman–Crippen MR) is 118 cm³/mol. The van der Waals surface area contributed by atoms with Crippen molar-refractivity contribution in [3.05, 3.63) is 69.8 Å². The van der Waals surface area contributed by atoms with Gasteiger partial charge in [0.05, 0.1) is 5.41 Å². The molecular weight excluding hydrogens is 374 g/mol. The van der Waals surface area contributed by atoms with Gasteiger partial charge in [0.15, 0.2) is 0 Å². The number of aliphatic carboxylic acids is 1. The number of carboxylic acid groups (broad SMARTS) is 1. The molecule has 4 nitrogen and oxygen atoms in total. The zero-order chi connectivity index (χ0) is 20.9. The highest BCUT2D eigenvalue weighted by Gasteiger charge is 2.51. The van der Waals surface area contributed by atoms with Crippen LogP contribution in [0.15, 0.2) is 42.0 Å². The molecule has 0 bridgehead atoms. The quantitative estimate of drug-likeness (QED) is 0.787. The van der Waals surface area contributed by atoms with Crippen molar-refractivity contribution in [2.45, 2.75) is 46.1 Å². The van der Waals surface area contributed by atoms with Crippen LogP contribution in [0, 0.1) is 19.3 Å². The zero-order valence-corrected chi connectivity index (χ0v) is 17.8. The van der Waals surface area contributed by atoms with Gasteiger partial charge in [0.25, 0.3) is 0 Å². The molecule has 1 aliphatic carbocycles. The maximum absolute atomic E-state index is 11.6. The summed E-state index contributed by atoms with van der Waals surface area (Å²) in [6.45, 7) is 7.40. The number of aryl methyl sites for hydroxylation is 2. The van der Waals surface area contributed by atoms with Gasteiger partial charge in [-0.3, -0.25) is 4.79 Å². The molecule has 1 saturated heterocycles. The highest BCUT2D eigenvalue weighted by Crippen LogP contribution is 2.47. The largest absolute Gasteiger partial charge is 0.488 e. The molecule has 2 aromatic carbocycles. The maximum Gasteiger partial charge on any atom is 0.310 e. The van der Waals surface area contributed by atoms with Crippen LogP contribution in [0.5, 0.6) is 5.75 Å². The lowest BCUT2D eigenvalue weighted by Crippen LogP contribution is -2.38. The van der Waals surface area contributed by atoms with Crippen LogP contribution in [0.2, 0.25) is 0 Å². The van der Waals surface area contributed by atoms with E-state index < -0.39 is 11.4 Å². The van der Waals surface area contributed by atoms with Crippen LogP contribution >= 0.6 is 0 Å². The van der Waals surface area contributed by atoms with Crippen LogP contribution in [0.25, 0.3) is 5.57 Å². The number of ether oxygens (including phenoxy) is 1. The maximum atomic E-state index is 11.6. The van der Waals surface area contributed by atoms with Crippen molar-refractivity contribution in [3.8, 4) is 5.75 Å². The highest BCUT2D eigenvalue weighted by molar-refractivity contribution is 5.87. The summed E-state index contributed by atoms with van der Waals surface area (Å²) in [5, 5.41) is 9.54. The molecule has 1 saturated carbocycles. The Morgan fingerprint density at radius 1 is 1.03 bits per heavy atom. The standard InChI is InChI=1S/C26H29NO3/c1-17-3-5-21-20(13-17)15-30-23-6-4-18(2)14-22(23)24(21)19-7-11-27(12-8-19)16-26(9-10-26)25(28)29/h3-6,13-14H,7-12,15-16H2,1-2H3,(H,28,29). The summed E-state index contributed by atoms with van der Waals surface area (Å²) in [6.07, 6.45) is 3.60. The summed E-state index contributed by atoms with van der Waals surface area (Å²) < 4.78 is 6.22. The summed E-state index contributed by atoms with van der Waals surface area (Å²) in [4.78, 5) is 13.9. The fourth-order valence-electron chi connectivity index (χ4n) is 4.98. The Hall–Kier alpha value is -2.59. The molecule has 0 radical (unpaired) electrons. The van der Waals surface area contributed by atoms with Gasteiger partial charge >= 0.3 is 5.97 Å². The smallest absolute Gasteiger partial charge is 0.310 e. The van der Waals surface area contributed by atoms with E-state index in [1.807, 2.05) is 0 Å². The first-order chi connectivity index (χ1) is 14.4. The number of rotatable bonds is 3. The normalized spacial score (nSPS) is 20.1. The number of fused-ring (bicyclic) bond motifs is 2. The average Bonchev–Trinajstić information content (AvgIpc) is 3.52. The zero-order valence-electron chi connectivity index (χ0n) is 17.8. The summed E-state index contributed by atoms with van der Waals surface area (Å²) in [6, 6.07) is 13.2. The van der Waals surface area contributed by atoms with E-state index in [1.54, 1.807) is 0 Å². The molecule has 1 N–H and O–H groups in total. The lowest BCUT2D eigenvalue weighted by atomic mass is 9.85. The Bertz CT molecular complexity index is 1040. The van der Waals surface area contributed by atoms with E-state index in [0.29, 0.717) is 13.2 Å². The Labute approximate surface area is 178 Å². The van der Waals surface area contributed by atoms with E-state index in [4.69, 9.17) is 4.74 Å². The van der Waals surface area contributed by atoms with Crippen molar-refractivity contribution in [2.75, 3.05) is 19.6 Å². The van der Waals surface area contributed by atoms with Crippen molar-refractivity contribution >= 4 is 11.5 Å². The van der Waals surface area contributed by atoms with Crippen LogP contribution in [0.1, 0.15) is 53.5 Å². The van der Waals surface area contributed by atoms with Gasteiger partial charge in [-0.05, 0) is 68.4 Å². The number of nitrogens with zero attached hydrogens (tertiary/aromatic N) is 1. The van der Waals surface area contributed by atoms with Gasteiger partial charge in [0, 0.05) is 25.2 Å². The summed E-state index contributed by atoms with van der Waals surface area (Å²) in [5.41, 5.74) is 8.55. The third-order valence-corrected chi connectivity index (χ3v) is 6.96. The fraction of sp³-hybridized carbons (Fsp3) is 0.423. The van der Waals surface area contributed by atoms with Crippen LogP contribution in [-0.2, 0) is 11.4 Å². The molecule has 0 unspecified atom stereocenters. The first-order valence-electron chi connectivity index (χ1n) is 11.0.